The smallest absolute Gasteiger partial charge is 0.135 e. The lowest BCUT2D eigenvalue weighted by atomic mass is 10.2. The number of halogens is 2. The third-order valence-electron chi connectivity index (χ3n) is 2.60. The molecule has 0 amide bonds. The first kappa shape index (κ1) is 19.3. The highest BCUT2D eigenvalue weighted by Gasteiger charge is 2.27. The van der Waals surface area contributed by atoms with Crippen LogP contribution in [-0.2, 0) is 4.74 Å². The van der Waals surface area contributed by atoms with Crippen LogP contribution in [0, 0.1) is 0 Å². The Balaban J connectivity index is 2.90. The predicted octanol–water partition coefficient (Wildman–Crippen LogP) is 1.10. The molecule has 0 spiro atoms. The minimum absolute atomic E-state index is 0.00528. The van der Waals surface area contributed by atoms with Crippen LogP contribution in [0.3, 0.4) is 0 Å². The normalized spacial score (nSPS) is 17.3. The molecule has 0 aliphatic rings. The molecule has 0 fully saturated rings. The number of nitrogens with zero attached hydrogens (tertiary/aromatic N) is 1. The maximum atomic E-state index is 9.98. The van der Waals surface area contributed by atoms with Gasteiger partial charge in [0.15, 0.2) is 0 Å². The summed E-state index contributed by atoms with van der Waals surface area (Å²) in [5.41, 5.74) is 4.74. The number of aliphatic hydroxyl groups excluding tert-OH is 3. The lowest BCUT2D eigenvalue weighted by molar-refractivity contribution is -0.0926. The Morgan fingerprint density at radius 2 is 2.10 bits per heavy atom. The van der Waals surface area contributed by atoms with Gasteiger partial charge >= 0.3 is 0 Å². The number of hydrogen-bond donors (Lipinski definition) is 4. The van der Waals surface area contributed by atoms with Gasteiger partial charge < -0.3 is 25.8 Å². The molecule has 9 heteroatoms. The zero-order chi connectivity index (χ0) is 16.0. The largest absolute Gasteiger partial charge is 0.394 e. The van der Waals surface area contributed by atoms with E-state index in [9.17, 15) is 15.3 Å². The van der Waals surface area contributed by atoms with Crippen LogP contribution >= 0.6 is 43.6 Å². The third kappa shape index (κ3) is 6.11. The minimum Gasteiger partial charge on any atom is -0.394 e. The second kappa shape index (κ2) is 9.41. The van der Waals surface area contributed by atoms with Gasteiger partial charge in [0.25, 0.3) is 0 Å². The summed E-state index contributed by atoms with van der Waals surface area (Å²) in [5, 5.41) is 28.8. The van der Waals surface area contributed by atoms with E-state index in [1.54, 1.807) is 6.20 Å². The number of rotatable bonds is 8. The van der Waals surface area contributed by atoms with Gasteiger partial charge in [-0.2, -0.15) is 0 Å². The molecule has 0 aliphatic carbocycles. The van der Waals surface area contributed by atoms with Crippen LogP contribution in [0.5, 0.6) is 0 Å². The summed E-state index contributed by atoms with van der Waals surface area (Å²) in [5.74, 6) is 0. The van der Waals surface area contributed by atoms with E-state index in [4.69, 9.17) is 10.5 Å². The third-order valence-corrected chi connectivity index (χ3v) is 5.15. The quantitative estimate of drug-likeness (QED) is 0.269. The highest BCUT2D eigenvalue weighted by Crippen LogP contribution is 2.33. The maximum Gasteiger partial charge on any atom is 0.135 e. The van der Waals surface area contributed by atoms with E-state index >= 15 is 0 Å². The van der Waals surface area contributed by atoms with Crippen molar-refractivity contribution in [3.8, 4) is 0 Å². The maximum absolute atomic E-state index is 9.98. The average Bonchev–Trinajstić information content (AvgIpc) is 2.45. The van der Waals surface area contributed by atoms with Gasteiger partial charge in [-0.1, -0.05) is 11.8 Å². The van der Waals surface area contributed by atoms with Gasteiger partial charge in [0, 0.05) is 22.1 Å². The number of thioether (sulfide) groups is 1. The van der Waals surface area contributed by atoms with Gasteiger partial charge in [-0.05, 0) is 44.8 Å². The van der Waals surface area contributed by atoms with Crippen molar-refractivity contribution in [2.75, 3.05) is 13.2 Å². The van der Waals surface area contributed by atoms with E-state index in [0.717, 1.165) is 9.37 Å². The van der Waals surface area contributed by atoms with E-state index in [2.05, 4.69) is 36.8 Å². The predicted molar refractivity (Wildman–Crippen MR) is 88.0 cm³/mol. The molecule has 0 aliphatic heterocycles. The molecule has 6 nitrogen and oxygen atoms in total. The second-order valence-electron chi connectivity index (χ2n) is 4.33. The highest BCUT2D eigenvalue weighted by atomic mass is 79.9. The molecule has 1 aromatic heterocycles. The molecule has 0 radical (unpaired) electrons. The van der Waals surface area contributed by atoms with Gasteiger partial charge in [0.2, 0.25) is 0 Å². The van der Waals surface area contributed by atoms with E-state index in [0.29, 0.717) is 4.60 Å². The van der Waals surface area contributed by atoms with Gasteiger partial charge in [-0.3, -0.25) is 0 Å². The summed E-state index contributed by atoms with van der Waals surface area (Å²) in [4.78, 5) is 4.87. The van der Waals surface area contributed by atoms with Crippen LogP contribution in [0.2, 0.25) is 0 Å². The standard InChI is InChI=1S/C12H18Br2N2O4S/c1-6(18)9(5-17)20-12(8(19)3-15)21-10-2-7(13)4-16-11(10)14/h2,4,6,8-9,12,17-19H,3,5,15H2,1H3/t6-,8+,9?,12?/m1/s1. The van der Waals surface area contributed by atoms with Crippen molar-refractivity contribution in [1.29, 1.82) is 0 Å². The van der Waals surface area contributed by atoms with Crippen molar-refractivity contribution in [2.45, 2.75) is 35.6 Å². The van der Waals surface area contributed by atoms with E-state index < -0.39 is 23.7 Å². The first-order valence-electron chi connectivity index (χ1n) is 6.19. The van der Waals surface area contributed by atoms with Crippen molar-refractivity contribution in [3.05, 3.63) is 21.3 Å². The Morgan fingerprint density at radius 3 is 2.62 bits per heavy atom. The van der Waals surface area contributed by atoms with Crippen LogP contribution in [0.25, 0.3) is 0 Å². The van der Waals surface area contributed by atoms with E-state index in [1.165, 1.54) is 18.7 Å². The van der Waals surface area contributed by atoms with Crippen LogP contribution in [-0.4, -0.2) is 57.2 Å². The molecular weight excluding hydrogens is 428 g/mol. The van der Waals surface area contributed by atoms with Crippen molar-refractivity contribution in [1.82, 2.24) is 4.98 Å². The van der Waals surface area contributed by atoms with Crippen molar-refractivity contribution in [2.24, 2.45) is 5.73 Å². The topological polar surface area (TPSA) is 109 Å². The summed E-state index contributed by atoms with van der Waals surface area (Å²) in [7, 11) is 0. The number of aromatic nitrogens is 1. The summed E-state index contributed by atoms with van der Waals surface area (Å²) in [6.07, 6.45) is -0.987. The van der Waals surface area contributed by atoms with Crippen molar-refractivity contribution >= 4 is 43.6 Å². The number of hydrogen-bond acceptors (Lipinski definition) is 7. The lowest BCUT2D eigenvalue weighted by Gasteiger charge is -2.28. The Hall–Kier alpha value is 0.260. The lowest BCUT2D eigenvalue weighted by Crippen LogP contribution is -2.40. The first-order valence-corrected chi connectivity index (χ1v) is 8.65. The highest BCUT2D eigenvalue weighted by molar-refractivity contribution is 9.11. The molecule has 5 N–H and O–H groups in total. The first-order chi connectivity index (χ1) is 9.88. The zero-order valence-electron chi connectivity index (χ0n) is 11.3. The van der Waals surface area contributed by atoms with Gasteiger partial charge in [0.1, 0.15) is 22.2 Å². The second-order valence-corrected chi connectivity index (χ2v) is 7.14. The Bertz CT molecular complexity index is 453. The molecule has 0 bridgehead atoms. The Kier molecular flexibility index (Phi) is 8.65. The molecule has 0 aromatic carbocycles. The minimum atomic E-state index is -0.950. The van der Waals surface area contributed by atoms with Crippen molar-refractivity contribution in [3.63, 3.8) is 0 Å². The summed E-state index contributed by atoms with van der Waals surface area (Å²) >= 11 is 7.86. The fourth-order valence-corrected chi connectivity index (χ4v) is 3.44. The molecule has 0 saturated heterocycles. The monoisotopic (exact) mass is 444 g/mol. The Labute approximate surface area is 144 Å². The van der Waals surface area contributed by atoms with Gasteiger partial charge in [-0.25, -0.2) is 4.98 Å². The summed E-state index contributed by atoms with van der Waals surface area (Å²) in [6, 6.07) is 1.82. The molecule has 120 valence electrons. The molecule has 1 aromatic rings. The van der Waals surface area contributed by atoms with Crippen molar-refractivity contribution < 1.29 is 20.1 Å². The van der Waals surface area contributed by atoms with E-state index in [1.807, 2.05) is 6.07 Å². The van der Waals surface area contributed by atoms with Crippen LogP contribution in [0.4, 0.5) is 0 Å². The van der Waals surface area contributed by atoms with Gasteiger partial charge in [0.05, 0.1) is 12.7 Å². The molecule has 1 rings (SSSR count). The molecular formula is C12H18Br2N2O4S. The number of aliphatic hydroxyl groups is 3. The van der Waals surface area contributed by atoms with Crippen LogP contribution < -0.4 is 5.73 Å². The SMILES string of the molecule is C[C@@H](O)C(CO)OC(Sc1cc(Br)cnc1Br)[C@@H](O)CN. The van der Waals surface area contributed by atoms with Crippen LogP contribution in [0.15, 0.2) is 26.2 Å². The number of nitrogens with two attached hydrogens (primary N) is 1. The number of pyridine rings is 1. The molecule has 0 saturated carbocycles. The average molecular weight is 446 g/mol. The Morgan fingerprint density at radius 1 is 1.43 bits per heavy atom. The summed E-state index contributed by atoms with van der Waals surface area (Å²) in [6.45, 7) is 1.15. The fourth-order valence-electron chi connectivity index (χ4n) is 1.40. The van der Waals surface area contributed by atoms with Crippen LogP contribution in [0.1, 0.15) is 6.92 Å². The zero-order valence-corrected chi connectivity index (χ0v) is 15.3. The molecule has 2 unspecified atom stereocenters. The molecule has 1 heterocycles. The molecule has 21 heavy (non-hydrogen) atoms. The molecule has 4 atom stereocenters. The summed E-state index contributed by atoms with van der Waals surface area (Å²) < 4.78 is 6.97. The number of ether oxygens (including phenoxy) is 1. The van der Waals surface area contributed by atoms with E-state index in [-0.39, 0.29) is 13.2 Å². The van der Waals surface area contributed by atoms with Gasteiger partial charge in [-0.15, -0.1) is 0 Å². The fraction of sp³-hybridized carbons (Fsp3) is 0.583.